The van der Waals surface area contributed by atoms with Crippen molar-refractivity contribution in [1.29, 1.82) is 0 Å². The number of rotatable bonds is 3. The third kappa shape index (κ3) is 5.08. The number of ether oxygens (including phenoxy) is 1. The Balaban J connectivity index is 2.50. The molecule has 0 saturated carbocycles. The summed E-state index contributed by atoms with van der Waals surface area (Å²) in [7, 11) is 0. The second kappa shape index (κ2) is 5.76. The van der Waals surface area contributed by atoms with Gasteiger partial charge in [-0.15, -0.1) is 0 Å². The van der Waals surface area contributed by atoms with Crippen LogP contribution in [0.2, 0.25) is 0 Å². The molecule has 0 radical (unpaired) electrons. The molecule has 1 unspecified atom stereocenters. The molecular weight excluding hydrogens is 230 g/mol. The summed E-state index contributed by atoms with van der Waals surface area (Å²) in [6.45, 7) is 7.33. The van der Waals surface area contributed by atoms with E-state index in [2.05, 4.69) is 5.32 Å². The zero-order chi connectivity index (χ0) is 13.8. The fourth-order valence-corrected chi connectivity index (χ4v) is 1.57. The van der Waals surface area contributed by atoms with Crippen molar-refractivity contribution in [3.8, 4) is 5.75 Å². The van der Waals surface area contributed by atoms with Gasteiger partial charge in [0.05, 0.1) is 0 Å². The maximum absolute atomic E-state index is 11.5. The van der Waals surface area contributed by atoms with Crippen LogP contribution in [0.25, 0.3) is 0 Å². The number of phenols is 1. The van der Waals surface area contributed by atoms with Crippen molar-refractivity contribution >= 4 is 6.09 Å². The third-order valence-corrected chi connectivity index (χ3v) is 2.28. The number of nitrogens with one attached hydrogen (secondary N) is 1. The normalized spacial score (nSPS) is 12.9. The Morgan fingerprint density at radius 3 is 2.56 bits per heavy atom. The molecule has 4 nitrogen and oxygen atoms in total. The van der Waals surface area contributed by atoms with Crippen LogP contribution in [0.3, 0.4) is 0 Å². The number of alkyl carbamates (subject to hydrolysis) is 1. The predicted octanol–water partition coefficient (Wildman–Crippen LogP) is 2.85. The van der Waals surface area contributed by atoms with E-state index in [9.17, 15) is 9.90 Å². The van der Waals surface area contributed by atoms with Crippen LogP contribution in [0.5, 0.6) is 5.75 Å². The van der Waals surface area contributed by atoms with Crippen LogP contribution in [-0.2, 0) is 11.2 Å². The average molecular weight is 251 g/mol. The SMILES string of the molecule is CC(Cc1ccccc1O)NC(=O)OC(C)(C)C. The Morgan fingerprint density at radius 2 is 2.00 bits per heavy atom. The molecule has 18 heavy (non-hydrogen) atoms. The van der Waals surface area contributed by atoms with E-state index in [4.69, 9.17) is 4.74 Å². The standard InChI is InChI=1S/C14H21NO3/c1-10(15-13(17)18-14(2,3)4)9-11-7-5-6-8-12(11)16/h5-8,10,16H,9H2,1-4H3,(H,15,17). The first kappa shape index (κ1) is 14.4. The summed E-state index contributed by atoms with van der Waals surface area (Å²) in [5.41, 5.74) is 0.305. The lowest BCUT2D eigenvalue weighted by Gasteiger charge is -2.22. The number of phenolic OH excluding ortho intramolecular Hbond substituents is 1. The minimum atomic E-state index is -0.501. The molecule has 1 atom stereocenters. The molecule has 0 saturated heterocycles. The van der Waals surface area contributed by atoms with Gasteiger partial charge in [0, 0.05) is 6.04 Å². The van der Waals surface area contributed by atoms with E-state index in [-0.39, 0.29) is 11.8 Å². The van der Waals surface area contributed by atoms with Crippen molar-refractivity contribution in [2.45, 2.75) is 45.8 Å². The maximum Gasteiger partial charge on any atom is 0.407 e. The number of carbonyl (C=O) groups is 1. The Bertz CT molecular complexity index is 410. The minimum absolute atomic E-state index is 0.104. The Morgan fingerprint density at radius 1 is 1.39 bits per heavy atom. The molecule has 0 fully saturated rings. The summed E-state index contributed by atoms with van der Waals surface area (Å²) in [5.74, 6) is 0.246. The maximum atomic E-state index is 11.5. The van der Waals surface area contributed by atoms with Gasteiger partial charge in [-0.05, 0) is 45.7 Å². The molecule has 2 N–H and O–H groups in total. The molecular formula is C14H21NO3. The highest BCUT2D eigenvalue weighted by molar-refractivity contribution is 5.68. The van der Waals surface area contributed by atoms with Gasteiger partial charge in [-0.1, -0.05) is 18.2 Å². The van der Waals surface area contributed by atoms with Gasteiger partial charge in [0.15, 0.2) is 0 Å². The molecule has 1 rings (SSSR count). The number of benzene rings is 1. The number of hydrogen-bond acceptors (Lipinski definition) is 3. The predicted molar refractivity (Wildman–Crippen MR) is 70.6 cm³/mol. The van der Waals surface area contributed by atoms with Gasteiger partial charge in [-0.25, -0.2) is 4.79 Å². The molecule has 0 heterocycles. The number of aromatic hydroxyl groups is 1. The zero-order valence-corrected chi connectivity index (χ0v) is 11.4. The monoisotopic (exact) mass is 251 g/mol. The van der Waals surface area contributed by atoms with Gasteiger partial charge in [0.1, 0.15) is 11.4 Å². The second-order valence-corrected chi connectivity index (χ2v) is 5.38. The van der Waals surface area contributed by atoms with Crippen molar-refractivity contribution < 1.29 is 14.6 Å². The Kier molecular flexibility index (Phi) is 4.59. The van der Waals surface area contributed by atoms with Crippen LogP contribution in [-0.4, -0.2) is 22.8 Å². The van der Waals surface area contributed by atoms with Gasteiger partial charge < -0.3 is 15.2 Å². The largest absolute Gasteiger partial charge is 0.508 e. The van der Waals surface area contributed by atoms with Gasteiger partial charge in [-0.2, -0.15) is 0 Å². The second-order valence-electron chi connectivity index (χ2n) is 5.38. The zero-order valence-electron chi connectivity index (χ0n) is 11.4. The van der Waals surface area contributed by atoms with Crippen LogP contribution in [0, 0.1) is 0 Å². The molecule has 0 bridgehead atoms. The average Bonchev–Trinajstić information content (AvgIpc) is 2.18. The van der Waals surface area contributed by atoms with Crippen molar-refractivity contribution in [3.05, 3.63) is 29.8 Å². The number of para-hydroxylation sites is 1. The summed E-state index contributed by atoms with van der Waals surface area (Å²) in [6.07, 6.45) is 0.122. The molecule has 1 aromatic rings. The van der Waals surface area contributed by atoms with Crippen LogP contribution < -0.4 is 5.32 Å². The van der Waals surface area contributed by atoms with Crippen LogP contribution in [0.15, 0.2) is 24.3 Å². The Labute approximate surface area is 108 Å². The van der Waals surface area contributed by atoms with Crippen molar-refractivity contribution in [3.63, 3.8) is 0 Å². The molecule has 4 heteroatoms. The quantitative estimate of drug-likeness (QED) is 0.868. The van der Waals surface area contributed by atoms with Gasteiger partial charge in [0.25, 0.3) is 0 Å². The number of amides is 1. The minimum Gasteiger partial charge on any atom is -0.508 e. The first-order valence-electron chi connectivity index (χ1n) is 6.04. The number of hydrogen-bond donors (Lipinski definition) is 2. The van der Waals surface area contributed by atoms with Gasteiger partial charge in [-0.3, -0.25) is 0 Å². The van der Waals surface area contributed by atoms with E-state index >= 15 is 0 Å². The Hall–Kier alpha value is -1.71. The summed E-state index contributed by atoms with van der Waals surface area (Å²) in [4.78, 5) is 11.5. The lowest BCUT2D eigenvalue weighted by atomic mass is 10.1. The third-order valence-electron chi connectivity index (χ3n) is 2.28. The first-order chi connectivity index (χ1) is 8.28. The van der Waals surface area contributed by atoms with Gasteiger partial charge in [0.2, 0.25) is 0 Å². The molecule has 1 aromatic carbocycles. The molecule has 100 valence electrons. The topological polar surface area (TPSA) is 58.6 Å². The van der Waals surface area contributed by atoms with Crippen molar-refractivity contribution in [2.24, 2.45) is 0 Å². The summed E-state index contributed by atoms with van der Waals surface area (Å²) in [6, 6.07) is 6.99. The smallest absolute Gasteiger partial charge is 0.407 e. The summed E-state index contributed by atoms with van der Waals surface area (Å²) >= 11 is 0. The molecule has 0 aliphatic rings. The highest BCUT2D eigenvalue weighted by Gasteiger charge is 2.18. The van der Waals surface area contributed by atoms with E-state index in [1.165, 1.54) is 0 Å². The van der Waals surface area contributed by atoms with E-state index < -0.39 is 11.7 Å². The molecule has 0 aromatic heterocycles. The molecule has 0 spiro atoms. The fourth-order valence-electron chi connectivity index (χ4n) is 1.57. The first-order valence-corrected chi connectivity index (χ1v) is 6.04. The van der Waals surface area contributed by atoms with Gasteiger partial charge >= 0.3 is 6.09 Å². The fraction of sp³-hybridized carbons (Fsp3) is 0.500. The van der Waals surface area contributed by atoms with E-state index in [1.807, 2.05) is 39.8 Å². The van der Waals surface area contributed by atoms with Crippen LogP contribution in [0.4, 0.5) is 4.79 Å². The molecule has 1 amide bonds. The molecule has 0 aliphatic heterocycles. The van der Waals surface area contributed by atoms with Crippen molar-refractivity contribution in [1.82, 2.24) is 5.32 Å². The summed E-state index contributed by atoms with van der Waals surface area (Å²) in [5, 5.41) is 12.4. The van der Waals surface area contributed by atoms with E-state index in [0.717, 1.165) is 5.56 Å². The molecule has 0 aliphatic carbocycles. The highest BCUT2D eigenvalue weighted by atomic mass is 16.6. The lowest BCUT2D eigenvalue weighted by molar-refractivity contribution is 0.0508. The summed E-state index contributed by atoms with van der Waals surface area (Å²) < 4.78 is 5.16. The van der Waals surface area contributed by atoms with Crippen LogP contribution >= 0.6 is 0 Å². The van der Waals surface area contributed by atoms with Crippen LogP contribution in [0.1, 0.15) is 33.3 Å². The van der Waals surface area contributed by atoms with Crippen molar-refractivity contribution in [2.75, 3.05) is 0 Å². The van der Waals surface area contributed by atoms with E-state index in [1.54, 1.807) is 12.1 Å². The van der Waals surface area contributed by atoms with E-state index in [0.29, 0.717) is 6.42 Å². The number of carbonyl (C=O) groups excluding carboxylic acids is 1. The lowest BCUT2D eigenvalue weighted by Crippen LogP contribution is -2.38. The highest BCUT2D eigenvalue weighted by Crippen LogP contribution is 2.17.